The van der Waals surface area contributed by atoms with Crippen molar-refractivity contribution < 1.29 is 19.1 Å². The average molecular weight is 506 g/mol. The number of hydrogen-bond donors (Lipinski definition) is 2. The summed E-state index contributed by atoms with van der Waals surface area (Å²) in [7, 11) is 3.62. The lowest BCUT2D eigenvalue weighted by atomic mass is 10.1. The van der Waals surface area contributed by atoms with Crippen molar-refractivity contribution in [2.24, 2.45) is 14.1 Å². The Morgan fingerprint density at radius 1 is 0.784 bits per heavy atom. The van der Waals surface area contributed by atoms with E-state index in [-0.39, 0.29) is 11.8 Å². The molecule has 196 valence electrons. The molecular weight excluding hydrogens is 470 g/mol. The molecule has 37 heavy (non-hydrogen) atoms. The van der Waals surface area contributed by atoms with E-state index in [9.17, 15) is 14.4 Å². The molecule has 2 N–H and O–H groups in total. The van der Waals surface area contributed by atoms with E-state index in [0.29, 0.717) is 22.8 Å². The van der Waals surface area contributed by atoms with Gasteiger partial charge in [-0.2, -0.15) is 0 Å². The predicted octanol–water partition coefficient (Wildman–Crippen LogP) is 5.26. The third-order valence-electron chi connectivity index (χ3n) is 6.23. The molecule has 4 rings (SSSR count). The molecular formula is C28H35N5O4. The number of anilines is 2. The molecule has 0 saturated carbocycles. The SMILES string of the molecule is Cn1cc(NC(=O)OC(C)(C)C)cc1C(=O)Nc1ccc(-c2cc(C(=O)N3CCCCC3)n(C)c2)cc1. The molecule has 0 spiro atoms. The van der Waals surface area contributed by atoms with Crippen molar-refractivity contribution in [1.29, 1.82) is 0 Å². The maximum absolute atomic E-state index is 13.0. The number of amides is 3. The van der Waals surface area contributed by atoms with Crippen LogP contribution < -0.4 is 10.6 Å². The van der Waals surface area contributed by atoms with E-state index >= 15 is 0 Å². The number of likely N-dealkylation sites (tertiary alicyclic amines) is 1. The lowest BCUT2D eigenvalue weighted by molar-refractivity contribution is 0.0634. The highest BCUT2D eigenvalue weighted by atomic mass is 16.6. The summed E-state index contributed by atoms with van der Waals surface area (Å²) in [6.45, 7) is 6.98. The Bertz CT molecular complexity index is 1290. The normalized spacial score (nSPS) is 13.8. The van der Waals surface area contributed by atoms with E-state index in [0.717, 1.165) is 37.1 Å². The Kier molecular flexibility index (Phi) is 7.42. The fraction of sp³-hybridized carbons (Fsp3) is 0.393. The monoisotopic (exact) mass is 505 g/mol. The van der Waals surface area contributed by atoms with Gasteiger partial charge in [0.2, 0.25) is 0 Å². The van der Waals surface area contributed by atoms with Crippen LogP contribution in [0.4, 0.5) is 16.2 Å². The topological polar surface area (TPSA) is 97.6 Å². The number of rotatable bonds is 5. The molecule has 0 bridgehead atoms. The smallest absolute Gasteiger partial charge is 0.412 e. The summed E-state index contributed by atoms with van der Waals surface area (Å²) < 4.78 is 8.78. The van der Waals surface area contributed by atoms with Gasteiger partial charge in [-0.25, -0.2) is 4.79 Å². The van der Waals surface area contributed by atoms with Crippen molar-refractivity contribution in [1.82, 2.24) is 14.0 Å². The minimum atomic E-state index is -0.616. The van der Waals surface area contributed by atoms with E-state index < -0.39 is 11.7 Å². The molecule has 0 unspecified atom stereocenters. The zero-order chi connectivity index (χ0) is 26.7. The van der Waals surface area contributed by atoms with Crippen molar-refractivity contribution in [3.8, 4) is 11.1 Å². The Morgan fingerprint density at radius 3 is 2.08 bits per heavy atom. The Morgan fingerprint density at radius 2 is 1.43 bits per heavy atom. The molecule has 3 aromatic rings. The van der Waals surface area contributed by atoms with Gasteiger partial charge in [0.15, 0.2) is 0 Å². The minimum absolute atomic E-state index is 0.0698. The summed E-state index contributed by atoms with van der Waals surface area (Å²) >= 11 is 0. The summed E-state index contributed by atoms with van der Waals surface area (Å²) in [5.74, 6) is -0.234. The summed E-state index contributed by atoms with van der Waals surface area (Å²) in [6.07, 6.45) is 6.32. The third kappa shape index (κ3) is 6.41. The maximum Gasteiger partial charge on any atom is 0.412 e. The zero-order valence-electron chi connectivity index (χ0n) is 22.1. The molecule has 1 fully saturated rings. The van der Waals surface area contributed by atoms with Gasteiger partial charge >= 0.3 is 6.09 Å². The molecule has 0 atom stereocenters. The van der Waals surface area contributed by atoms with Gasteiger partial charge in [0.1, 0.15) is 17.0 Å². The molecule has 0 radical (unpaired) electrons. The quantitative estimate of drug-likeness (QED) is 0.495. The highest BCUT2D eigenvalue weighted by Gasteiger charge is 2.22. The fourth-order valence-electron chi connectivity index (χ4n) is 4.42. The standard InChI is InChI=1S/C28H35N5O4/c1-28(2,3)37-27(36)30-22-16-23(32(5)18-22)25(34)29-21-11-9-19(10-12-21)20-15-24(31(4)17-20)26(35)33-13-7-6-8-14-33/h9-12,15-18H,6-8,13-14H2,1-5H3,(H,29,34)(H,30,36). The van der Waals surface area contributed by atoms with Crippen molar-refractivity contribution in [3.63, 3.8) is 0 Å². The van der Waals surface area contributed by atoms with Gasteiger partial charge in [-0.3, -0.25) is 14.9 Å². The number of carbonyl (C=O) groups excluding carboxylic acids is 3. The van der Waals surface area contributed by atoms with Crippen LogP contribution in [0.25, 0.3) is 11.1 Å². The summed E-state index contributed by atoms with van der Waals surface area (Å²) in [5, 5.41) is 5.54. The lowest BCUT2D eigenvalue weighted by Crippen LogP contribution is -2.36. The van der Waals surface area contributed by atoms with Crippen molar-refractivity contribution in [2.45, 2.75) is 45.6 Å². The van der Waals surface area contributed by atoms with Crippen LogP contribution in [-0.4, -0.2) is 50.6 Å². The molecule has 1 aliphatic heterocycles. The van der Waals surface area contributed by atoms with Crippen LogP contribution in [0.5, 0.6) is 0 Å². The van der Waals surface area contributed by atoms with Crippen LogP contribution in [0.1, 0.15) is 61.0 Å². The zero-order valence-corrected chi connectivity index (χ0v) is 22.1. The van der Waals surface area contributed by atoms with Gasteiger partial charge in [-0.1, -0.05) is 12.1 Å². The van der Waals surface area contributed by atoms with Crippen LogP contribution in [-0.2, 0) is 18.8 Å². The Hall–Kier alpha value is -4.01. The number of carbonyl (C=O) groups is 3. The van der Waals surface area contributed by atoms with E-state index in [2.05, 4.69) is 10.6 Å². The first-order valence-corrected chi connectivity index (χ1v) is 12.5. The third-order valence-corrected chi connectivity index (χ3v) is 6.23. The maximum atomic E-state index is 13.0. The predicted molar refractivity (Wildman–Crippen MR) is 144 cm³/mol. The first-order chi connectivity index (χ1) is 17.5. The van der Waals surface area contributed by atoms with Crippen molar-refractivity contribution in [2.75, 3.05) is 23.7 Å². The second-order valence-corrected chi connectivity index (χ2v) is 10.5. The number of piperidine rings is 1. The van der Waals surface area contributed by atoms with E-state index in [1.165, 1.54) is 6.42 Å². The number of hydrogen-bond acceptors (Lipinski definition) is 4. The first kappa shape index (κ1) is 26.1. The Labute approximate surface area is 217 Å². The summed E-state index contributed by atoms with van der Waals surface area (Å²) in [5.41, 5.74) is 3.45. The fourth-order valence-corrected chi connectivity index (χ4v) is 4.42. The molecule has 0 aliphatic carbocycles. The van der Waals surface area contributed by atoms with Crippen LogP contribution in [0.15, 0.2) is 48.8 Å². The number of ether oxygens (including phenoxy) is 1. The minimum Gasteiger partial charge on any atom is -0.444 e. The van der Waals surface area contributed by atoms with Gasteiger partial charge in [-0.05, 0) is 69.9 Å². The number of benzene rings is 1. The Balaban J connectivity index is 1.41. The van der Waals surface area contributed by atoms with E-state index in [1.807, 2.05) is 53.0 Å². The van der Waals surface area contributed by atoms with Gasteiger partial charge in [0.05, 0.1) is 5.69 Å². The summed E-state index contributed by atoms with van der Waals surface area (Å²) in [4.78, 5) is 39.8. The molecule has 1 aliphatic rings. The number of nitrogens with zero attached hydrogens (tertiary/aromatic N) is 3. The van der Waals surface area contributed by atoms with Gasteiger partial charge in [0, 0.05) is 50.8 Å². The van der Waals surface area contributed by atoms with Crippen molar-refractivity contribution in [3.05, 3.63) is 60.2 Å². The van der Waals surface area contributed by atoms with Gasteiger partial charge in [-0.15, -0.1) is 0 Å². The van der Waals surface area contributed by atoms with E-state index in [1.54, 1.807) is 44.6 Å². The largest absolute Gasteiger partial charge is 0.444 e. The van der Waals surface area contributed by atoms with Crippen LogP contribution in [0.2, 0.25) is 0 Å². The average Bonchev–Trinajstić information content (AvgIpc) is 3.40. The van der Waals surface area contributed by atoms with Crippen molar-refractivity contribution >= 4 is 29.3 Å². The first-order valence-electron chi connectivity index (χ1n) is 12.5. The summed E-state index contributed by atoms with van der Waals surface area (Å²) in [6, 6.07) is 11.0. The van der Waals surface area contributed by atoms with Crippen LogP contribution in [0, 0.1) is 0 Å². The van der Waals surface area contributed by atoms with E-state index in [4.69, 9.17) is 4.74 Å². The van der Waals surface area contributed by atoms with Gasteiger partial charge < -0.3 is 24.1 Å². The molecule has 1 aromatic carbocycles. The lowest BCUT2D eigenvalue weighted by Gasteiger charge is -2.26. The molecule has 3 heterocycles. The number of aryl methyl sites for hydroxylation is 2. The highest BCUT2D eigenvalue weighted by Crippen LogP contribution is 2.25. The number of aromatic nitrogens is 2. The molecule has 9 heteroatoms. The second-order valence-electron chi connectivity index (χ2n) is 10.5. The second kappa shape index (κ2) is 10.5. The number of nitrogens with one attached hydrogen (secondary N) is 2. The van der Waals surface area contributed by atoms with Gasteiger partial charge in [0.25, 0.3) is 11.8 Å². The molecule has 1 saturated heterocycles. The highest BCUT2D eigenvalue weighted by molar-refractivity contribution is 6.04. The molecule has 2 aromatic heterocycles. The molecule has 3 amide bonds. The van der Waals surface area contributed by atoms with Crippen LogP contribution >= 0.6 is 0 Å². The molecule has 9 nitrogen and oxygen atoms in total. The van der Waals surface area contributed by atoms with Crippen LogP contribution in [0.3, 0.4) is 0 Å².